The van der Waals surface area contributed by atoms with Gasteiger partial charge in [0.25, 0.3) is 0 Å². The number of pyridine rings is 1. The summed E-state index contributed by atoms with van der Waals surface area (Å²) in [5.41, 5.74) is -1.13. The van der Waals surface area contributed by atoms with E-state index in [1.807, 2.05) is 0 Å². The Balaban J connectivity index is 1.58. The third-order valence-electron chi connectivity index (χ3n) is 5.31. The molecule has 11 heteroatoms. The summed E-state index contributed by atoms with van der Waals surface area (Å²) in [4.78, 5) is 30.5. The van der Waals surface area contributed by atoms with Gasteiger partial charge in [0.1, 0.15) is 23.7 Å². The molecule has 0 aromatic carbocycles. The van der Waals surface area contributed by atoms with Gasteiger partial charge in [-0.15, -0.1) is 0 Å². The van der Waals surface area contributed by atoms with Crippen molar-refractivity contribution in [1.29, 1.82) is 0 Å². The molecule has 2 aromatic heterocycles. The molecule has 7 nitrogen and oxygen atoms in total. The number of likely N-dealkylation sites (tertiary alicyclic amines) is 1. The summed E-state index contributed by atoms with van der Waals surface area (Å²) in [5, 5.41) is 4.26. The highest BCUT2D eigenvalue weighted by Gasteiger charge is 2.36. The Morgan fingerprint density at radius 2 is 2.03 bits per heavy atom. The quantitative estimate of drug-likeness (QED) is 0.722. The molecule has 2 aliphatic heterocycles. The number of halogens is 4. The van der Waals surface area contributed by atoms with Crippen LogP contribution >= 0.6 is 0 Å². The topological polar surface area (TPSA) is 73.0 Å². The molecule has 29 heavy (non-hydrogen) atoms. The van der Waals surface area contributed by atoms with Crippen LogP contribution in [0.4, 0.5) is 17.6 Å². The van der Waals surface area contributed by atoms with Gasteiger partial charge in [0.05, 0.1) is 13.1 Å². The Kier molecular flexibility index (Phi) is 4.91. The van der Waals surface area contributed by atoms with Crippen molar-refractivity contribution in [2.45, 2.75) is 50.6 Å². The molecule has 1 fully saturated rings. The summed E-state index contributed by atoms with van der Waals surface area (Å²) in [5.74, 6) is 0.166. The molecule has 4 heterocycles. The second kappa shape index (κ2) is 7.27. The summed E-state index contributed by atoms with van der Waals surface area (Å²) < 4.78 is 53.9. The Bertz CT molecular complexity index is 966. The van der Waals surface area contributed by atoms with Crippen molar-refractivity contribution >= 4 is 5.91 Å². The minimum Gasteiger partial charge on any atom is -0.338 e. The lowest BCUT2D eigenvalue weighted by atomic mass is 10.0. The van der Waals surface area contributed by atoms with E-state index in [1.165, 1.54) is 15.5 Å². The molecule has 2 aromatic rings. The smallest absolute Gasteiger partial charge is 0.338 e. The van der Waals surface area contributed by atoms with Crippen LogP contribution in [0.3, 0.4) is 0 Å². The third-order valence-corrected chi connectivity index (χ3v) is 5.31. The van der Waals surface area contributed by atoms with E-state index in [1.54, 1.807) is 0 Å². The number of alkyl halides is 4. The average molecular weight is 413 g/mol. The van der Waals surface area contributed by atoms with E-state index in [9.17, 15) is 27.2 Å². The maximum absolute atomic E-state index is 13.5. The van der Waals surface area contributed by atoms with Gasteiger partial charge in [0.2, 0.25) is 5.91 Å². The maximum Gasteiger partial charge on any atom is 0.433 e. The fourth-order valence-electron chi connectivity index (χ4n) is 3.86. The number of carbonyl (C=O) groups excluding carboxylic acids is 1. The van der Waals surface area contributed by atoms with E-state index in [0.29, 0.717) is 43.6 Å². The van der Waals surface area contributed by atoms with E-state index in [-0.39, 0.29) is 19.0 Å². The molecule has 0 bridgehead atoms. The fourth-order valence-corrected chi connectivity index (χ4v) is 3.86. The normalized spacial score (nSPS) is 22.0. The fraction of sp³-hybridized carbons (Fsp3) is 0.556. The van der Waals surface area contributed by atoms with Crippen LogP contribution in [0.1, 0.15) is 42.4 Å². The van der Waals surface area contributed by atoms with Gasteiger partial charge in [0.15, 0.2) is 0 Å². The number of rotatable bonds is 3. The number of carbonyl (C=O) groups is 1. The van der Waals surface area contributed by atoms with Gasteiger partial charge >= 0.3 is 11.9 Å². The first kappa shape index (κ1) is 19.6. The molecule has 0 spiro atoms. The molecule has 1 amide bonds. The zero-order valence-electron chi connectivity index (χ0n) is 15.4. The zero-order valence-corrected chi connectivity index (χ0v) is 15.4. The molecule has 156 valence electrons. The Labute approximate surface area is 162 Å². The standard InChI is InChI=1S/C18H19F4N5O2/c19-12-6-7-25(10-12)16(28)13-2-1-3-15-24-26(17(29)27(13)15)9-11-4-5-14(23-8-11)18(20,21)22/h4-5,8,12-13H,1-3,6-7,9-10H2/t12-,13-/m0/s1. The van der Waals surface area contributed by atoms with Crippen molar-refractivity contribution in [3.63, 3.8) is 0 Å². The number of aromatic nitrogens is 4. The summed E-state index contributed by atoms with van der Waals surface area (Å²) in [6, 6.07) is 1.37. The SMILES string of the molecule is O=C([C@@H]1CCCc2nn(Cc3ccc(C(F)(F)F)nc3)c(=O)n21)N1CC[C@H](F)C1. The van der Waals surface area contributed by atoms with E-state index >= 15 is 0 Å². The van der Waals surface area contributed by atoms with Gasteiger partial charge in [-0.2, -0.15) is 18.3 Å². The summed E-state index contributed by atoms with van der Waals surface area (Å²) >= 11 is 0. The highest BCUT2D eigenvalue weighted by molar-refractivity contribution is 5.81. The predicted octanol–water partition coefficient (Wildman–Crippen LogP) is 1.95. The number of amides is 1. The van der Waals surface area contributed by atoms with Crippen LogP contribution in [0.2, 0.25) is 0 Å². The minimum atomic E-state index is -4.54. The van der Waals surface area contributed by atoms with Gasteiger partial charge < -0.3 is 4.90 Å². The van der Waals surface area contributed by atoms with E-state index in [0.717, 1.165) is 16.9 Å². The van der Waals surface area contributed by atoms with Gasteiger partial charge in [-0.25, -0.2) is 13.9 Å². The monoisotopic (exact) mass is 413 g/mol. The van der Waals surface area contributed by atoms with Crippen LogP contribution < -0.4 is 5.69 Å². The van der Waals surface area contributed by atoms with Crippen molar-refractivity contribution in [1.82, 2.24) is 24.2 Å². The molecular formula is C18H19F4N5O2. The number of nitrogens with zero attached hydrogens (tertiary/aromatic N) is 5. The van der Waals surface area contributed by atoms with E-state index in [4.69, 9.17) is 0 Å². The van der Waals surface area contributed by atoms with Gasteiger partial charge in [-0.1, -0.05) is 6.07 Å². The lowest BCUT2D eigenvalue weighted by Crippen LogP contribution is -2.41. The zero-order chi connectivity index (χ0) is 20.8. The second-order valence-electron chi connectivity index (χ2n) is 7.35. The lowest BCUT2D eigenvalue weighted by Gasteiger charge is -2.26. The van der Waals surface area contributed by atoms with Gasteiger partial charge in [0, 0.05) is 19.2 Å². The molecule has 2 aliphatic rings. The van der Waals surface area contributed by atoms with Gasteiger partial charge in [-0.05, 0) is 30.9 Å². The van der Waals surface area contributed by atoms with Crippen molar-refractivity contribution in [3.05, 3.63) is 45.9 Å². The molecule has 0 radical (unpaired) electrons. The van der Waals surface area contributed by atoms with Crippen molar-refractivity contribution in [3.8, 4) is 0 Å². The first-order valence-electron chi connectivity index (χ1n) is 9.37. The largest absolute Gasteiger partial charge is 0.433 e. The molecule has 0 aliphatic carbocycles. The maximum atomic E-state index is 13.5. The van der Waals surface area contributed by atoms with Crippen molar-refractivity contribution in [2.75, 3.05) is 13.1 Å². The molecule has 2 atom stereocenters. The van der Waals surface area contributed by atoms with Crippen LogP contribution in [0.25, 0.3) is 0 Å². The minimum absolute atomic E-state index is 0.0325. The molecule has 0 unspecified atom stereocenters. The van der Waals surface area contributed by atoms with Crippen LogP contribution in [0.5, 0.6) is 0 Å². The van der Waals surface area contributed by atoms with E-state index < -0.39 is 29.8 Å². The van der Waals surface area contributed by atoms with E-state index in [2.05, 4.69) is 10.1 Å². The van der Waals surface area contributed by atoms with Crippen LogP contribution in [0.15, 0.2) is 23.1 Å². The third kappa shape index (κ3) is 3.77. The van der Waals surface area contributed by atoms with Gasteiger partial charge in [-0.3, -0.25) is 14.3 Å². The Morgan fingerprint density at radius 1 is 1.24 bits per heavy atom. The Morgan fingerprint density at radius 3 is 2.66 bits per heavy atom. The highest BCUT2D eigenvalue weighted by atomic mass is 19.4. The molecule has 0 saturated carbocycles. The first-order chi connectivity index (χ1) is 13.7. The van der Waals surface area contributed by atoms with Crippen molar-refractivity contribution in [2.24, 2.45) is 0 Å². The molecular weight excluding hydrogens is 394 g/mol. The molecule has 4 rings (SSSR count). The lowest BCUT2D eigenvalue weighted by molar-refractivity contribution is -0.141. The first-order valence-corrected chi connectivity index (χ1v) is 9.37. The Hall–Kier alpha value is -2.72. The number of hydrogen-bond acceptors (Lipinski definition) is 4. The summed E-state index contributed by atoms with van der Waals surface area (Å²) in [6.45, 7) is 0.303. The second-order valence-corrected chi connectivity index (χ2v) is 7.35. The molecule has 0 N–H and O–H groups in total. The molecule has 1 saturated heterocycles. The number of hydrogen-bond donors (Lipinski definition) is 0. The number of aryl methyl sites for hydroxylation is 1. The summed E-state index contributed by atoms with van der Waals surface area (Å²) in [6.07, 6.45) is -2.59. The van der Waals surface area contributed by atoms with Crippen LogP contribution in [0, 0.1) is 0 Å². The number of fused-ring (bicyclic) bond motifs is 1. The van der Waals surface area contributed by atoms with Crippen molar-refractivity contribution < 1.29 is 22.4 Å². The van der Waals surface area contributed by atoms with Crippen LogP contribution in [-0.2, 0) is 23.9 Å². The predicted molar refractivity (Wildman–Crippen MR) is 92.9 cm³/mol. The average Bonchev–Trinajstić information content (AvgIpc) is 3.25. The van der Waals surface area contributed by atoms with Crippen LogP contribution in [-0.4, -0.2) is 49.4 Å². The highest BCUT2D eigenvalue weighted by Crippen LogP contribution is 2.28. The summed E-state index contributed by atoms with van der Waals surface area (Å²) in [7, 11) is 0.